The molecule has 72 valence electrons. The van der Waals surface area contributed by atoms with Crippen molar-refractivity contribution in [1.29, 1.82) is 0 Å². The molecule has 1 aliphatic rings. The number of hydrogen-bond acceptors (Lipinski definition) is 1. The maximum atomic E-state index is 6.19. The summed E-state index contributed by atoms with van der Waals surface area (Å²) in [5.74, 6) is 0.713. The van der Waals surface area contributed by atoms with Crippen LogP contribution < -0.4 is 5.73 Å². The van der Waals surface area contributed by atoms with Gasteiger partial charge in [-0.2, -0.15) is 0 Å². The fourth-order valence-electron chi connectivity index (χ4n) is 2.31. The normalized spacial score (nSPS) is 21.6. The lowest BCUT2D eigenvalue weighted by molar-refractivity contribution is 0.308. The minimum atomic E-state index is 0.256. The van der Waals surface area contributed by atoms with E-state index in [0.29, 0.717) is 5.92 Å². The summed E-state index contributed by atoms with van der Waals surface area (Å²) < 4.78 is 0. The first-order valence-corrected chi connectivity index (χ1v) is 5.26. The summed E-state index contributed by atoms with van der Waals surface area (Å²) >= 11 is 0. The molecule has 1 aromatic heterocycles. The number of nitrogens with two attached hydrogens (primary N) is 1. The number of H-pyrrole nitrogens is 1. The van der Waals surface area contributed by atoms with Crippen molar-refractivity contribution >= 4 is 0 Å². The molecule has 2 rings (SSSR count). The highest BCUT2D eigenvalue weighted by Gasteiger charge is 2.21. The van der Waals surface area contributed by atoms with Crippen LogP contribution in [0.4, 0.5) is 0 Å². The molecule has 0 unspecified atom stereocenters. The second kappa shape index (κ2) is 3.97. The van der Waals surface area contributed by atoms with Crippen molar-refractivity contribution in [3.05, 3.63) is 24.0 Å². The molecule has 0 amide bonds. The zero-order valence-corrected chi connectivity index (χ0v) is 8.00. The monoisotopic (exact) mass is 178 g/mol. The van der Waals surface area contributed by atoms with Gasteiger partial charge in [0.2, 0.25) is 0 Å². The van der Waals surface area contributed by atoms with Crippen LogP contribution in [0.3, 0.4) is 0 Å². The minimum absolute atomic E-state index is 0.256. The third-order valence-corrected chi connectivity index (χ3v) is 3.16. The summed E-state index contributed by atoms with van der Waals surface area (Å²) in [6.07, 6.45) is 10.7. The molecule has 2 heteroatoms. The molecule has 1 atom stereocenters. The van der Waals surface area contributed by atoms with Gasteiger partial charge in [0.15, 0.2) is 0 Å². The second-order valence-electron chi connectivity index (χ2n) is 4.07. The van der Waals surface area contributed by atoms with Gasteiger partial charge in [0, 0.05) is 18.4 Å². The van der Waals surface area contributed by atoms with Gasteiger partial charge >= 0.3 is 0 Å². The zero-order chi connectivity index (χ0) is 9.10. The summed E-state index contributed by atoms with van der Waals surface area (Å²) in [6, 6.07) is 2.35. The predicted octanol–water partition coefficient (Wildman–Crippen LogP) is 2.59. The van der Waals surface area contributed by atoms with E-state index in [-0.39, 0.29) is 6.04 Å². The molecule has 1 fully saturated rings. The van der Waals surface area contributed by atoms with Crippen LogP contribution in [0, 0.1) is 5.92 Å². The standard InChI is InChI=1S/C11H18N2/c12-11(10-6-7-13-8-10)9-4-2-1-3-5-9/h6-9,11,13H,1-5,12H2/t11-/m1/s1. The number of aromatic nitrogens is 1. The van der Waals surface area contributed by atoms with Crippen LogP contribution in [0.5, 0.6) is 0 Å². The predicted molar refractivity (Wildman–Crippen MR) is 54.3 cm³/mol. The lowest BCUT2D eigenvalue weighted by atomic mass is 9.82. The number of nitrogens with one attached hydrogen (secondary N) is 1. The summed E-state index contributed by atoms with van der Waals surface area (Å²) in [6.45, 7) is 0. The summed E-state index contributed by atoms with van der Waals surface area (Å²) in [4.78, 5) is 3.07. The fraction of sp³-hybridized carbons (Fsp3) is 0.636. The van der Waals surface area contributed by atoms with E-state index in [1.165, 1.54) is 37.7 Å². The number of aromatic amines is 1. The van der Waals surface area contributed by atoms with Crippen LogP contribution >= 0.6 is 0 Å². The Hall–Kier alpha value is -0.760. The summed E-state index contributed by atoms with van der Waals surface area (Å²) in [5, 5.41) is 0. The highest BCUT2D eigenvalue weighted by atomic mass is 14.7. The van der Waals surface area contributed by atoms with E-state index in [0.717, 1.165) is 0 Å². The van der Waals surface area contributed by atoms with E-state index in [4.69, 9.17) is 5.73 Å². The van der Waals surface area contributed by atoms with Gasteiger partial charge in [-0.25, -0.2) is 0 Å². The zero-order valence-electron chi connectivity index (χ0n) is 8.00. The van der Waals surface area contributed by atoms with Crippen LogP contribution in [0.25, 0.3) is 0 Å². The van der Waals surface area contributed by atoms with E-state index >= 15 is 0 Å². The van der Waals surface area contributed by atoms with Crippen molar-refractivity contribution in [2.75, 3.05) is 0 Å². The van der Waals surface area contributed by atoms with Gasteiger partial charge in [0.1, 0.15) is 0 Å². The Morgan fingerprint density at radius 1 is 1.31 bits per heavy atom. The molecule has 0 saturated heterocycles. The molecule has 0 aliphatic heterocycles. The van der Waals surface area contributed by atoms with Crippen LogP contribution in [-0.2, 0) is 0 Å². The highest BCUT2D eigenvalue weighted by molar-refractivity contribution is 5.14. The van der Waals surface area contributed by atoms with Gasteiger partial charge in [-0.1, -0.05) is 19.3 Å². The van der Waals surface area contributed by atoms with Crippen molar-refractivity contribution in [3.8, 4) is 0 Å². The van der Waals surface area contributed by atoms with Crippen LogP contribution in [0.2, 0.25) is 0 Å². The van der Waals surface area contributed by atoms with Crippen molar-refractivity contribution < 1.29 is 0 Å². The van der Waals surface area contributed by atoms with E-state index in [9.17, 15) is 0 Å². The molecule has 0 spiro atoms. The van der Waals surface area contributed by atoms with Gasteiger partial charge < -0.3 is 10.7 Å². The fourth-order valence-corrected chi connectivity index (χ4v) is 2.31. The Labute approximate surface area is 79.5 Å². The van der Waals surface area contributed by atoms with Gasteiger partial charge in [-0.15, -0.1) is 0 Å². The van der Waals surface area contributed by atoms with Gasteiger partial charge in [0.25, 0.3) is 0 Å². The molecule has 1 saturated carbocycles. The number of rotatable bonds is 2. The molecular weight excluding hydrogens is 160 g/mol. The quantitative estimate of drug-likeness (QED) is 0.718. The van der Waals surface area contributed by atoms with E-state index in [2.05, 4.69) is 11.1 Å². The van der Waals surface area contributed by atoms with Crippen LogP contribution in [-0.4, -0.2) is 4.98 Å². The van der Waals surface area contributed by atoms with Crippen molar-refractivity contribution in [1.82, 2.24) is 4.98 Å². The molecule has 1 heterocycles. The largest absolute Gasteiger partial charge is 0.367 e. The van der Waals surface area contributed by atoms with Gasteiger partial charge in [-0.3, -0.25) is 0 Å². The topological polar surface area (TPSA) is 41.8 Å². The Morgan fingerprint density at radius 2 is 2.08 bits per heavy atom. The molecule has 0 aromatic carbocycles. The molecule has 1 aromatic rings. The lowest BCUT2D eigenvalue weighted by Gasteiger charge is -2.26. The summed E-state index contributed by atoms with van der Waals surface area (Å²) in [7, 11) is 0. The average Bonchev–Trinajstić information content (AvgIpc) is 2.71. The van der Waals surface area contributed by atoms with E-state index < -0.39 is 0 Å². The maximum Gasteiger partial charge on any atom is 0.0338 e. The lowest BCUT2D eigenvalue weighted by Crippen LogP contribution is -2.22. The third-order valence-electron chi connectivity index (χ3n) is 3.16. The highest BCUT2D eigenvalue weighted by Crippen LogP contribution is 2.32. The van der Waals surface area contributed by atoms with Gasteiger partial charge in [-0.05, 0) is 30.4 Å². The van der Waals surface area contributed by atoms with Crippen LogP contribution in [0.1, 0.15) is 43.7 Å². The number of hydrogen-bond donors (Lipinski definition) is 2. The Kier molecular flexibility index (Phi) is 2.69. The maximum absolute atomic E-state index is 6.19. The van der Waals surface area contributed by atoms with Crippen molar-refractivity contribution in [2.45, 2.75) is 38.1 Å². The van der Waals surface area contributed by atoms with E-state index in [1.54, 1.807) is 0 Å². The second-order valence-corrected chi connectivity index (χ2v) is 4.07. The molecule has 0 radical (unpaired) electrons. The molecular formula is C11H18N2. The van der Waals surface area contributed by atoms with Crippen molar-refractivity contribution in [3.63, 3.8) is 0 Å². The molecule has 3 N–H and O–H groups in total. The van der Waals surface area contributed by atoms with Gasteiger partial charge in [0.05, 0.1) is 0 Å². The average molecular weight is 178 g/mol. The smallest absolute Gasteiger partial charge is 0.0338 e. The molecule has 0 bridgehead atoms. The first-order valence-electron chi connectivity index (χ1n) is 5.26. The minimum Gasteiger partial charge on any atom is -0.367 e. The SMILES string of the molecule is N[C@@H](c1cc[nH]c1)C1CCCCC1. The Bertz CT molecular complexity index is 235. The Balaban J connectivity index is 1.99. The Morgan fingerprint density at radius 3 is 2.69 bits per heavy atom. The molecule has 2 nitrogen and oxygen atoms in total. The molecule has 13 heavy (non-hydrogen) atoms. The third kappa shape index (κ3) is 1.94. The van der Waals surface area contributed by atoms with E-state index in [1.807, 2.05) is 12.4 Å². The van der Waals surface area contributed by atoms with Crippen molar-refractivity contribution in [2.24, 2.45) is 11.7 Å². The first-order chi connectivity index (χ1) is 6.38. The summed E-state index contributed by atoms with van der Waals surface area (Å²) in [5.41, 5.74) is 7.46. The molecule has 1 aliphatic carbocycles. The van der Waals surface area contributed by atoms with Crippen LogP contribution in [0.15, 0.2) is 18.5 Å². The first kappa shape index (κ1) is 8.82.